The molecule has 43 heavy (non-hydrogen) atoms. The van der Waals surface area contributed by atoms with Gasteiger partial charge in [-0.25, -0.2) is 14.4 Å². The zero-order valence-electron chi connectivity index (χ0n) is 25.8. The average Bonchev–Trinajstić information content (AvgIpc) is 2.64. The maximum atomic E-state index is 10.3. The molecule has 25 heteroatoms. The Labute approximate surface area is 371 Å². The van der Waals surface area contributed by atoms with Crippen LogP contribution < -0.4 is 154 Å². The van der Waals surface area contributed by atoms with Crippen molar-refractivity contribution in [3.05, 3.63) is 0 Å². The first-order valence-electron chi connectivity index (χ1n) is 9.51. The summed E-state index contributed by atoms with van der Waals surface area (Å²) in [7, 11) is 0. The summed E-state index contributed by atoms with van der Waals surface area (Å²) in [5, 5.41) is 101. The van der Waals surface area contributed by atoms with Crippen molar-refractivity contribution in [1.82, 2.24) is 0 Å². The van der Waals surface area contributed by atoms with Gasteiger partial charge in [0.15, 0.2) is 16.8 Å². The Morgan fingerprint density at radius 3 is 0.488 bits per heavy atom. The van der Waals surface area contributed by atoms with Crippen molar-refractivity contribution >= 4 is 53.7 Å². The second kappa shape index (κ2) is 27.1. The molecule has 0 aromatic rings. The van der Waals surface area contributed by atoms with E-state index in [0.29, 0.717) is 0 Å². The molecule has 0 atom stereocenters. The standard InChI is InChI=1S/3C6H8O7.3K.H2O.3H/c3*7-3(8)1-6(13,5(11)12)2-4(9)10;;;;;;;/h3*13H,1-2H2,(H,7,8)(H,9,10)(H,11,12);;;;1H2;;;/q;;;3*+1;;3*-1. The molecule has 0 spiro atoms. The number of carboxylic acids is 9. The van der Waals surface area contributed by atoms with Gasteiger partial charge < -0.3 is 71.0 Å². The summed E-state index contributed by atoms with van der Waals surface area (Å²) in [6.07, 6.45) is -6.87. The topological polar surface area (TPSA) is 428 Å². The summed E-state index contributed by atoms with van der Waals surface area (Å²) < 4.78 is 0. The molecule has 0 saturated carbocycles. The fourth-order valence-corrected chi connectivity index (χ4v) is 2.14. The SMILES string of the molecule is O.O=C(O)CC(O)(CC(=O)O)C(=O)O.O=C(O)CC(O)(CC(=O)O)C(=O)O.O=C(O)CC(O)(CC(=O)O)C(=O)O.[H-].[H-].[H-].[K+].[K+].[K+]. The van der Waals surface area contributed by atoms with Crippen LogP contribution in [-0.2, 0) is 43.2 Å². The minimum atomic E-state index is -2.74. The number of rotatable bonds is 15. The van der Waals surface area contributed by atoms with E-state index < -0.39 is 109 Å². The third-order valence-corrected chi connectivity index (χ3v) is 3.86. The number of carboxylic acid groups (broad SMARTS) is 9. The molecule has 0 aliphatic heterocycles. The second-order valence-electron chi connectivity index (χ2n) is 7.43. The number of aliphatic hydroxyl groups is 3. The number of aliphatic carboxylic acids is 9. The zero-order valence-corrected chi connectivity index (χ0v) is 32.2. The van der Waals surface area contributed by atoms with Crippen molar-refractivity contribution < 1.29 is 268 Å². The first-order valence-corrected chi connectivity index (χ1v) is 9.51. The van der Waals surface area contributed by atoms with Crippen LogP contribution in [0.5, 0.6) is 0 Å². The van der Waals surface area contributed by atoms with E-state index in [-0.39, 0.29) is 164 Å². The molecule has 14 N–H and O–H groups in total. The minimum absolute atomic E-state index is 0. The first kappa shape index (κ1) is 58.5. The zero-order chi connectivity index (χ0) is 31.9. The predicted molar refractivity (Wildman–Crippen MR) is 118 cm³/mol. The Balaban J connectivity index is -0.0000000491. The van der Waals surface area contributed by atoms with Crippen LogP contribution in [0.3, 0.4) is 0 Å². The van der Waals surface area contributed by atoms with Crippen molar-refractivity contribution in [2.45, 2.75) is 55.3 Å². The van der Waals surface area contributed by atoms with Gasteiger partial charge in [-0.2, -0.15) is 0 Å². The van der Waals surface area contributed by atoms with E-state index in [0.717, 1.165) is 0 Å². The van der Waals surface area contributed by atoms with E-state index in [4.69, 9.17) is 61.3 Å². The van der Waals surface area contributed by atoms with Gasteiger partial charge in [-0.15, -0.1) is 0 Å². The maximum absolute atomic E-state index is 10.3. The molecular weight excluding hydrogens is 685 g/mol. The monoisotopic (exact) mass is 714 g/mol. The van der Waals surface area contributed by atoms with E-state index >= 15 is 0 Å². The molecule has 0 aromatic heterocycles. The molecule has 0 radical (unpaired) electrons. The Bertz CT molecular complexity index is 838. The van der Waals surface area contributed by atoms with E-state index in [1.54, 1.807) is 0 Å². The molecule has 0 unspecified atom stereocenters. The number of hydrogen-bond donors (Lipinski definition) is 12. The molecule has 0 aromatic carbocycles. The summed E-state index contributed by atoms with van der Waals surface area (Å²) >= 11 is 0. The maximum Gasteiger partial charge on any atom is 1.00 e. The first-order chi connectivity index (χ1) is 17.3. The van der Waals surface area contributed by atoms with E-state index in [9.17, 15) is 43.2 Å². The normalized spacial score (nSPS) is 9.84. The van der Waals surface area contributed by atoms with E-state index in [1.807, 2.05) is 0 Å². The van der Waals surface area contributed by atoms with Gasteiger partial charge in [0.25, 0.3) is 0 Å². The largest absolute Gasteiger partial charge is 1.00 e. The third kappa shape index (κ3) is 29.1. The molecule has 0 fully saturated rings. The van der Waals surface area contributed by atoms with Crippen LogP contribution in [0.4, 0.5) is 0 Å². The van der Waals surface area contributed by atoms with Gasteiger partial charge in [0.1, 0.15) is 0 Å². The van der Waals surface area contributed by atoms with Gasteiger partial charge >= 0.3 is 208 Å². The summed E-state index contributed by atoms with van der Waals surface area (Å²) in [6, 6.07) is 0. The summed E-state index contributed by atoms with van der Waals surface area (Å²) in [4.78, 5) is 91.5. The second-order valence-corrected chi connectivity index (χ2v) is 7.43. The molecule has 0 bridgehead atoms. The van der Waals surface area contributed by atoms with Gasteiger partial charge in [0.05, 0.1) is 38.5 Å². The minimum Gasteiger partial charge on any atom is -1.00 e. The van der Waals surface area contributed by atoms with Crippen LogP contribution in [-0.4, -0.2) is 137 Å². The van der Waals surface area contributed by atoms with Gasteiger partial charge in [0.2, 0.25) is 0 Å². The van der Waals surface area contributed by atoms with Crippen molar-refractivity contribution in [3.8, 4) is 0 Å². The van der Waals surface area contributed by atoms with Crippen molar-refractivity contribution in [2.24, 2.45) is 0 Å². The molecule has 0 rings (SSSR count). The average molecular weight is 715 g/mol. The Kier molecular flexibility index (Phi) is 36.9. The van der Waals surface area contributed by atoms with Crippen molar-refractivity contribution in [2.75, 3.05) is 0 Å². The van der Waals surface area contributed by atoms with Gasteiger partial charge in [-0.05, 0) is 0 Å². The smallest absolute Gasteiger partial charge is 1.00 e. The summed E-state index contributed by atoms with van der Waals surface area (Å²) in [5.41, 5.74) is -8.22. The molecule has 236 valence electrons. The Morgan fingerprint density at radius 2 is 0.442 bits per heavy atom. The van der Waals surface area contributed by atoms with Crippen LogP contribution >= 0.6 is 0 Å². The van der Waals surface area contributed by atoms with Crippen molar-refractivity contribution in [1.29, 1.82) is 0 Å². The molecule has 0 amide bonds. The predicted octanol–water partition coefficient (Wildman–Crippen LogP) is -13.2. The van der Waals surface area contributed by atoms with Crippen LogP contribution in [0.25, 0.3) is 0 Å². The van der Waals surface area contributed by atoms with Gasteiger partial charge in [-0.3, -0.25) is 28.8 Å². The molecule has 0 aliphatic rings. The Morgan fingerprint density at radius 1 is 0.349 bits per heavy atom. The molecule has 0 aliphatic carbocycles. The van der Waals surface area contributed by atoms with Crippen LogP contribution in [0.2, 0.25) is 0 Å². The van der Waals surface area contributed by atoms with E-state index in [2.05, 4.69) is 0 Å². The van der Waals surface area contributed by atoms with Crippen molar-refractivity contribution in [3.63, 3.8) is 0 Å². The van der Waals surface area contributed by atoms with Gasteiger partial charge in [-0.1, -0.05) is 0 Å². The third-order valence-electron chi connectivity index (χ3n) is 3.86. The quantitative estimate of drug-likeness (QED) is 0.0700. The molecule has 0 saturated heterocycles. The Hall–Kier alpha value is -0.0209. The van der Waals surface area contributed by atoms with Gasteiger partial charge in [0, 0.05) is 0 Å². The van der Waals surface area contributed by atoms with Crippen LogP contribution in [0, 0.1) is 0 Å². The number of carbonyl (C=O) groups is 9. The summed E-state index contributed by atoms with van der Waals surface area (Å²) in [5.74, 6) is -15.1. The molecular formula is C18H29K3O22. The van der Waals surface area contributed by atoms with E-state index in [1.165, 1.54) is 0 Å². The fourth-order valence-electron chi connectivity index (χ4n) is 2.14. The van der Waals surface area contributed by atoms with Crippen LogP contribution in [0.1, 0.15) is 42.8 Å². The number of hydrogen-bond acceptors (Lipinski definition) is 12. The molecule has 0 heterocycles. The molecule has 22 nitrogen and oxygen atoms in total. The summed E-state index contributed by atoms with van der Waals surface area (Å²) in [6.45, 7) is 0. The van der Waals surface area contributed by atoms with Crippen LogP contribution in [0.15, 0.2) is 0 Å². The fraction of sp³-hybridized carbons (Fsp3) is 0.500.